The number of carbonyl (C=O) groups excluding carboxylic acids is 1. The molecule has 0 unspecified atom stereocenters. The molecule has 6 nitrogen and oxygen atoms in total. The van der Waals surface area contributed by atoms with Crippen LogP contribution in [0.1, 0.15) is 11.3 Å². The largest absolute Gasteiger partial charge is 0.469 e. The molecule has 0 bridgehead atoms. The summed E-state index contributed by atoms with van der Waals surface area (Å²) in [5.74, 6) is 0.421. The van der Waals surface area contributed by atoms with Crippen molar-refractivity contribution in [3.05, 3.63) is 52.7 Å². The van der Waals surface area contributed by atoms with Crippen LogP contribution < -0.4 is 0 Å². The average Bonchev–Trinajstić information content (AvgIpc) is 3.24. The Morgan fingerprint density at radius 1 is 1.35 bits per heavy atom. The van der Waals surface area contributed by atoms with Gasteiger partial charge in [0.25, 0.3) is 11.1 Å². The maximum Gasteiger partial charge on any atom is 0.277 e. The third-order valence-corrected chi connectivity index (χ3v) is 4.85. The van der Waals surface area contributed by atoms with Crippen molar-refractivity contribution in [3.8, 4) is 11.5 Å². The van der Waals surface area contributed by atoms with Gasteiger partial charge in [0, 0.05) is 24.2 Å². The SMILES string of the molecule is Cc1occc1-c1nnc(SCC(=O)N(C)Cc2c(F)cccc2Cl)o1. The summed E-state index contributed by atoms with van der Waals surface area (Å²) in [6.45, 7) is 1.87. The maximum atomic E-state index is 13.8. The van der Waals surface area contributed by atoms with E-state index in [1.165, 1.54) is 23.3 Å². The minimum Gasteiger partial charge on any atom is -0.469 e. The Morgan fingerprint density at radius 2 is 2.15 bits per heavy atom. The summed E-state index contributed by atoms with van der Waals surface area (Å²) in [5, 5.41) is 8.41. The van der Waals surface area contributed by atoms with Crippen LogP contribution in [0.2, 0.25) is 5.02 Å². The molecular weight excluding hydrogens is 381 g/mol. The molecule has 0 spiro atoms. The third kappa shape index (κ3) is 4.08. The van der Waals surface area contributed by atoms with E-state index in [1.54, 1.807) is 26.1 Å². The lowest BCUT2D eigenvalue weighted by Gasteiger charge is -2.17. The fourth-order valence-corrected chi connectivity index (χ4v) is 3.15. The van der Waals surface area contributed by atoms with Gasteiger partial charge in [-0.15, -0.1) is 10.2 Å². The zero-order valence-corrected chi connectivity index (χ0v) is 15.6. The van der Waals surface area contributed by atoms with E-state index < -0.39 is 5.82 Å². The van der Waals surface area contributed by atoms with Gasteiger partial charge in [-0.25, -0.2) is 4.39 Å². The number of thioether (sulfide) groups is 1. The van der Waals surface area contributed by atoms with Gasteiger partial charge in [-0.3, -0.25) is 4.79 Å². The van der Waals surface area contributed by atoms with Crippen molar-refractivity contribution in [3.63, 3.8) is 0 Å². The fraction of sp³-hybridized carbons (Fsp3) is 0.235. The van der Waals surface area contributed by atoms with E-state index in [0.717, 1.165) is 11.8 Å². The highest BCUT2D eigenvalue weighted by molar-refractivity contribution is 7.99. The Hall–Kier alpha value is -2.32. The number of furan rings is 1. The summed E-state index contributed by atoms with van der Waals surface area (Å²) in [5.41, 5.74) is 0.993. The van der Waals surface area contributed by atoms with E-state index in [0.29, 0.717) is 17.2 Å². The highest BCUT2D eigenvalue weighted by atomic mass is 35.5. The standard InChI is InChI=1S/C17H15ClFN3O3S/c1-10-11(6-7-24-10)16-20-21-17(25-16)26-9-15(23)22(2)8-12-13(18)4-3-5-14(12)19/h3-7H,8-9H2,1-2H3. The first kappa shape index (κ1) is 18.5. The number of amides is 1. The van der Waals surface area contributed by atoms with Crippen molar-refractivity contribution in [2.45, 2.75) is 18.7 Å². The van der Waals surface area contributed by atoms with Crippen LogP contribution in [0.15, 0.2) is 44.6 Å². The zero-order chi connectivity index (χ0) is 18.7. The normalized spacial score (nSPS) is 10.9. The molecule has 2 heterocycles. The number of benzene rings is 1. The number of aryl methyl sites for hydroxylation is 1. The Kier molecular flexibility index (Phi) is 5.63. The quantitative estimate of drug-likeness (QED) is 0.583. The lowest BCUT2D eigenvalue weighted by atomic mass is 10.2. The van der Waals surface area contributed by atoms with E-state index in [1.807, 2.05) is 0 Å². The molecule has 0 fully saturated rings. The molecule has 0 saturated heterocycles. The summed E-state index contributed by atoms with van der Waals surface area (Å²) in [6, 6.07) is 6.15. The second-order valence-electron chi connectivity index (χ2n) is 5.50. The van der Waals surface area contributed by atoms with Crippen LogP contribution >= 0.6 is 23.4 Å². The van der Waals surface area contributed by atoms with Crippen LogP contribution in [-0.2, 0) is 11.3 Å². The molecule has 3 rings (SSSR count). The number of carbonyl (C=O) groups is 1. The lowest BCUT2D eigenvalue weighted by Crippen LogP contribution is -2.28. The molecule has 0 aliphatic rings. The zero-order valence-electron chi connectivity index (χ0n) is 14.0. The Bertz CT molecular complexity index is 907. The number of rotatable bonds is 6. The minimum absolute atomic E-state index is 0.0776. The highest BCUT2D eigenvalue weighted by Gasteiger charge is 2.17. The first-order chi connectivity index (χ1) is 12.5. The second-order valence-corrected chi connectivity index (χ2v) is 6.84. The topological polar surface area (TPSA) is 72.4 Å². The van der Waals surface area contributed by atoms with Crippen molar-refractivity contribution in [2.24, 2.45) is 0 Å². The first-order valence-electron chi connectivity index (χ1n) is 7.63. The molecule has 0 atom stereocenters. The number of nitrogens with zero attached hydrogens (tertiary/aromatic N) is 3. The van der Waals surface area contributed by atoms with E-state index in [4.69, 9.17) is 20.4 Å². The van der Waals surface area contributed by atoms with Gasteiger partial charge in [0.05, 0.1) is 17.6 Å². The monoisotopic (exact) mass is 395 g/mol. The average molecular weight is 396 g/mol. The first-order valence-corrected chi connectivity index (χ1v) is 8.99. The summed E-state index contributed by atoms with van der Waals surface area (Å²) in [7, 11) is 1.58. The molecule has 1 amide bonds. The fourth-order valence-electron chi connectivity index (χ4n) is 2.23. The van der Waals surface area contributed by atoms with Crippen molar-refractivity contribution >= 4 is 29.3 Å². The number of halogens is 2. The molecule has 136 valence electrons. The van der Waals surface area contributed by atoms with Crippen molar-refractivity contribution in [1.29, 1.82) is 0 Å². The van der Waals surface area contributed by atoms with Crippen LogP contribution in [0.25, 0.3) is 11.5 Å². The molecule has 0 saturated carbocycles. The molecule has 0 radical (unpaired) electrons. The summed E-state index contributed by atoms with van der Waals surface area (Å²) in [6.07, 6.45) is 1.54. The number of hydrogen-bond donors (Lipinski definition) is 0. The van der Waals surface area contributed by atoms with Gasteiger partial charge in [0.2, 0.25) is 5.91 Å². The highest BCUT2D eigenvalue weighted by Crippen LogP contribution is 2.26. The van der Waals surface area contributed by atoms with Crippen molar-refractivity contribution in [1.82, 2.24) is 15.1 Å². The second kappa shape index (κ2) is 7.92. The molecule has 0 N–H and O–H groups in total. The Morgan fingerprint density at radius 3 is 2.85 bits per heavy atom. The van der Waals surface area contributed by atoms with Gasteiger partial charge >= 0.3 is 0 Å². The minimum atomic E-state index is -0.443. The molecule has 0 aliphatic heterocycles. The summed E-state index contributed by atoms with van der Waals surface area (Å²) >= 11 is 7.10. The molecule has 9 heteroatoms. The van der Waals surface area contributed by atoms with Crippen molar-refractivity contribution < 1.29 is 18.0 Å². The molecule has 0 aliphatic carbocycles. The van der Waals surface area contributed by atoms with E-state index in [9.17, 15) is 9.18 Å². The number of aromatic nitrogens is 2. The van der Waals surface area contributed by atoms with Crippen LogP contribution in [0, 0.1) is 12.7 Å². The van der Waals surface area contributed by atoms with Gasteiger partial charge in [0.15, 0.2) is 0 Å². The molecule has 3 aromatic rings. The molecule has 1 aromatic carbocycles. The van der Waals surface area contributed by atoms with Gasteiger partial charge in [0.1, 0.15) is 11.6 Å². The van der Waals surface area contributed by atoms with Crippen LogP contribution in [-0.4, -0.2) is 33.8 Å². The Balaban J connectivity index is 1.59. The summed E-state index contributed by atoms with van der Waals surface area (Å²) < 4.78 is 24.5. The number of hydrogen-bond acceptors (Lipinski definition) is 6. The smallest absolute Gasteiger partial charge is 0.277 e. The van der Waals surface area contributed by atoms with Gasteiger partial charge < -0.3 is 13.7 Å². The molecular formula is C17H15ClFN3O3S. The van der Waals surface area contributed by atoms with Gasteiger partial charge in [-0.05, 0) is 25.1 Å². The maximum absolute atomic E-state index is 13.8. The van der Waals surface area contributed by atoms with Crippen LogP contribution in [0.5, 0.6) is 0 Å². The van der Waals surface area contributed by atoms with E-state index >= 15 is 0 Å². The van der Waals surface area contributed by atoms with Crippen LogP contribution in [0.4, 0.5) is 4.39 Å². The lowest BCUT2D eigenvalue weighted by molar-refractivity contribution is -0.127. The molecule has 26 heavy (non-hydrogen) atoms. The van der Waals surface area contributed by atoms with Crippen LogP contribution in [0.3, 0.4) is 0 Å². The predicted molar refractivity (Wildman–Crippen MR) is 95.3 cm³/mol. The third-order valence-electron chi connectivity index (χ3n) is 3.70. The van der Waals surface area contributed by atoms with Crippen molar-refractivity contribution in [2.75, 3.05) is 12.8 Å². The Labute approximate surface area is 158 Å². The summed E-state index contributed by atoms with van der Waals surface area (Å²) in [4.78, 5) is 13.7. The van der Waals surface area contributed by atoms with E-state index in [-0.39, 0.29) is 34.0 Å². The molecule has 2 aromatic heterocycles. The predicted octanol–water partition coefficient (Wildman–Crippen LogP) is 4.18. The van der Waals surface area contributed by atoms with Gasteiger partial charge in [-0.1, -0.05) is 29.4 Å². The van der Waals surface area contributed by atoms with E-state index in [2.05, 4.69) is 10.2 Å². The van der Waals surface area contributed by atoms with Gasteiger partial charge in [-0.2, -0.15) is 0 Å².